The van der Waals surface area contributed by atoms with Crippen molar-refractivity contribution in [1.82, 2.24) is 20.1 Å². The molecule has 0 spiro atoms. The van der Waals surface area contributed by atoms with Crippen LogP contribution in [0.1, 0.15) is 27.1 Å². The molecule has 0 saturated carbocycles. The van der Waals surface area contributed by atoms with Crippen molar-refractivity contribution >= 4 is 40.9 Å². The van der Waals surface area contributed by atoms with Gasteiger partial charge < -0.3 is 35.5 Å². The number of anilines is 2. The molecule has 12 nitrogen and oxygen atoms in total. The van der Waals surface area contributed by atoms with E-state index in [4.69, 9.17) is 31.5 Å². The number of ether oxygens (including phenoxy) is 3. The lowest BCUT2D eigenvalue weighted by atomic mass is 10.0. The number of carbonyl (C=O) groups excluding carboxylic acids is 3. The van der Waals surface area contributed by atoms with E-state index in [1.54, 1.807) is 31.4 Å². The van der Waals surface area contributed by atoms with Crippen molar-refractivity contribution in [3.8, 4) is 5.88 Å². The number of rotatable bonds is 11. The molecule has 2 heterocycles. The standard InChI is InChI=1S/C26H35ClN6O6/c1-32(2)11-12-39-26(36)16-5-7-17(8-6-16)29-22(34)15-33-10-9-20(21(14-33)37-3)30-24(35)18-13-19(27)23(28)31-25(18)38-4/h5-8,13,20-21H,9-12,14-15H2,1-4H3,(H2,28,31)(H,29,34)(H,30,35)/t20-,21+/m0/s1. The molecule has 4 N–H and O–H groups in total. The van der Waals surface area contributed by atoms with Crippen LogP contribution >= 0.6 is 11.6 Å². The molecule has 1 aromatic carbocycles. The summed E-state index contributed by atoms with van der Waals surface area (Å²) in [6.07, 6.45) is 0.206. The molecule has 1 aromatic heterocycles. The molecule has 1 fully saturated rings. The number of pyridine rings is 1. The van der Waals surface area contributed by atoms with Gasteiger partial charge in [0.15, 0.2) is 0 Å². The molecule has 1 aliphatic rings. The SMILES string of the molecule is COc1nc(N)c(Cl)cc1C(=O)N[C@H]1CCN(CC(=O)Nc2ccc(C(=O)OCCN(C)C)cc2)C[C@H]1OC. The molecule has 39 heavy (non-hydrogen) atoms. The Balaban J connectivity index is 1.51. The number of esters is 1. The van der Waals surface area contributed by atoms with Crippen LogP contribution in [-0.2, 0) is 14.3 Å². The summed E-state index contributed by atoms with van der Waals surface area (Å²) in [5.74, 6) is -0.887. The minimum absolute atomic E-state index is 0.0699. The topological polar surface area (TPSA) is 148 Å². The minimum Gasteiger partial charge on any atom is -0.480 e. The number of likely N-dealkylation sites (tertiary alicyclic amines) is 1. The second kappa shape index (κ2) is 14.1. The van der Waals surface area contributed by atoms with Gasteiger partial charge in [0.25, 0.3) is 5.91 Å². The van der Waals surface area contributed by atoms with E-state index in [9.17, 15) is 14.4 Å². The van der Waals surface area contributed by atoms with E-state index in [0.29, 0.717) is 43.9 Å². The van der Waals surface area contributed by atoms with Gasteiger partial charge in [-0.15, -0.1) is 0 Å². The smallest absolute Gasteiger partial charge is 0.338 e. The molecular formula is C26H35ClN6O6. The van der Waals surface area contributed by atoms with Crippen LogP contribution in [-0.4, -0.2) is 106 Å². The number of hydrogen-bond donors (Lipinski definition) is 3. The number of likely N-dealkylation sites (N-methyl/N-ethyl adjacent to an activating group) is 1. The molecule has 0 unspecified atom stereocenters. The number of halogens is 1. The highest BCUT2D eigenvalue weighted by atomic mass is 35.5. The summed E-state index contributed by atoms with van der Waals surface area (Å²) >= 11 is 6.05. The van der Waals surface area contributed by atoms with Gasteiger partial charge in [-0.1, -0.05) is 11.6 Å². The van der Waals surface area contributed by atoms with E-state index in [1.807, 2.05) is 23.9 Å². The van der Waals surface area contributed by atoms with Crippen molar-refractivity contribution in [2.75, 3.05) is 72.2 Å². The molecule has 3 rings (SSSR count). The second-order valence-corrected chi connectivity index (χ2v) is 9.76. The van der Waals surface area contributed by atoms with Crippen molar-refractivity contribution < 1.29 is 28.6 Å². The normalized spacial score (nSPS) is 17.5. The Bertz CT molecular complexity index is 1160. The van der Waals surface area contributed by atoms with Gasteiger partial charge in [-0.2, -0.15) is 4.98 Å². The fraction of sp³-hybridized carbons (Fsp3) is 0.462. The van der Waals surface area contributed by atoms with Crippen LogP contribution in [0.2, 0.25) is 5.02 Å². The third kappa shape index (κ3) is 8.52. The first kappa shape index (κ1) is 30.1. The van der Waals surface area contributed by atoms with Crippen molar-refractivity contribution in [2.45, 2.75) is 18.6 Å². The maximum Gasteiger partial charge on any atom is 0.338 e. The molecule has 212 valence electrons. The van der Waals surface area contributed by atoms with Crippen molar-refractivity contribution in [3.63, 3.8) is 0 Å². The highest BCUT2D eigenvalue weighted by molar-refractivity contribution is 6.33. The first-order valence-corrected chi connectivity index (χ1v) is 12.8. The quantitative estimate of drug-likeness (QED) is 0.344. The second-order valence-electron chi connectivity index (χ2n) is 9.35. The van der Waals surface area contributed by atoms with Crippen molar-refractivity contribution in [1.29, 1.82) is 0 Å². The highest BCUT2D eigenvalue weighted by Gasteiger charge is 2.32. The Kier molecular flexibility index (Phi) is 10.9. The number of hydrogen-bond acceptors (Lipinski definition) is 10. The molecule has 0 aliphatic carbocycles. The fourth-order valence-electron chi connectivity index (χ4n) is 4.08. The molecule has 2 amide bonds. The van der Waals surface area contributed by atoms with Crippen LogP contribution in [0.3, 0.4) is 0 Å². The van der Waals surface area contributed by atoms with Gasteiger partial charge in [-0.3, -0.25) is 14.5 Å². The molecule has 1 saturated heterocycles. The van der Waals surface area contributed by atoms with E-state index in [-0.39, 0.29) is 46.9 Å². The molecule has 0 bridgehead atoms. The Labute approximate surface area is 232 Å². The summed E-state index contributed by atoms with van der Waals surface area (Å²) in [4.78, 5) is 45.6. The summed E-state index contributed by atoms with van der Waals surface area (Å²) in [6.45, 7) is 2.07. The van der Waals surface area contributed by atoms with Crippen LogP contribution < -0.4 is 21.1 Å². The first-order chi connectivity index (χ1) is 18.6. The number of benzene rings is 1. The summed E-state index contributed by atoms with van der Waals surface area (Å²) < 4.78 is 16.0. The van der Waals surface area contributed by atoms with Crippen LogP contribution in [0.15, 0.2) is 30.3 Å². The van der Waals surface area contributed by atoms with Gasteiger partial charge >= 0.3 is 5.97 Å². The maximum atomic E-state index is 12.9. The number of carbonyl (C=O) groups is 3. The zero-order valence-corrected chi connectivity index (χ0v) is 23.3. The Hall–Kier alpha value is -3.45. The van der Waals surface area contributed by atoms with Crippen molar-refractivity contribution in [2.24, 2.45) is 0 Å². The molecule has 1 aliphatic heterocycles. The monoisotopic (exact) mass is 562 g/mol. The largest absolute Gasteiger partial charge is 0.480 e. The van der Waals surface area contributed by atoms with E-state index >= 15 is 0 Å². The predicted octanol–water partition coefficient (Wildman–Crippen LogP) is 1.50. The Morgan fingerprint density at radius 1 is 1.21 bits per heavy atom. The summed E-state index contributed by atoms with van der Waals surface area (Å²) in [7, 11) is 6.75. The fourth-order valence-corrected chi connectivity index (χ4v) is 4.23. The minimum atomic E-state index is -0.413. The lowest BCUT2D eigenvalue weighted by Crippen LogP contribution is -2.55. The number of nitrogens with two attached hydrogens (primary N) is 1. The third-order valence-corrected chi connectivity index (χ3v) is 6.51. The molecular weight excluding hydrogens is 528 g/mol. The van der Waals surface area contributed by atoms with Crippen LogP contribution in [0.25, 0.3) is 0 Å². The molecule has 13 heteroatoms. The number of piperidine rings is 1. The van der Waals surface area contributed by atoms with Gasteiger partial charge in [0.05, 0.1) is 36.4 Å². The summed E-state index contributed by atoms with van der Waals surface area (Å²) in [5.41, 5.74) is 6.85. The molecule has 2 aromatic rings. The van der Waals surface area contributed by atoms with Gasteiger partial charge in [-0.05, 0) is 50.8 Å². The lowest BCUT2D eigenvalue weighted by molar-refractivity contribution is -0.118. The maximum absolute atomic E-state index is 12.9. The van der Waals surface area contributed by atoms with Gasteiger partial charge in [0.1, 0.15) is 18.0 Å². The third-order valence-electron chi connectivity index (χ3n) is 6.21. The summed E-state index contributed by atoms with van der Waals surface area (Å²) in [6, 6.07) is 7.66. The zero-order chi connectivity index (χ0) is 28.5. The molecule has 0 radical (unpaired) electrons. The van der Waals surface area contributed by atoms with E-state index in [2.05, 4.69) is 15.6 Å². The first-order valence-electron chi connectivity index (χ1n) is 12.4. The van der Waals surface area contributed by atoms with Crippen LogP contribution in [0, 0.1) is 0 Å². The number of aromatic nitrogens is 1. The highest BCUT2D eigenvalue weighted by Crippen LogP contribution is 2.25. The Morgan fingerprint density at radius 2 is 1.92 bits per heavy atom. The van der Waals surface area contributed by atoms with E-state index in [1.165, 1.54) is 13.2 Å². The van der Waals surface area contributed by atoms with Crippen LogP contribution in [0.4, 0.5) is 11.5 Å². The number of methoxy groups -OCH3 is 2. The average Bonchev–Trinajstić information content (AvgIpc) is 2.90. The lowest BCUT2D eigenvalue weighted by Gasteiger charge is -2.37. The van der Waals surface area contributed by atoms with E-state index < -0.39 is 11.9 Å². The Morgan fingerprint density at radius 3 is 2.56 bits per heavy atom. The van der Waals surface area contributed by atoms with Gasteiger partial charge in [0, 0.05) is 32.4 Å². The van der Waals surface area contributed by atoms with Gasteiger partial charge in [-0.25, -0.2) is 4.79 Å². The number of nitrogens with one attached hydrogen (secondary N) is 2. The van der Waals surface area contributed by atoms with Gasteiger partial charge in [0.2, 0.25) is 11.8 Å². The zero-order valence-electron chi connectivity index (χ0n) is 22.5. The predicted molar refractivity (Wildman–Crippen MR) is 147 cm³/mol. The number of nitrogen functional groups attached to an aromatic ring is 1. The molecule has 2 atom stereocenters. The van der Waals surface area contributed by atoms with Crippen molar-refractivity contribution in [3.05, 3.63) is 46.5 Å². The van der Waals surface area contributed by atoms with E-state index in [0.717, 1.165) is 0 Å². The number of amides is 2. The number of nitrogens with zero attached hydrogens (tertiary/aromatic N) is 3. The summed E-state index contributed by atoms with van der Waals surface area (Å²) in [5, 5.41) is 5.95. The average molecular weight is 563 g/mol. The van der Waals surface area contributed by atoms with Crippen LogP contribution in [0.5, 0.6) is 5.88 Å².